The van der Waals surface area contributed by atoms with Gasteiger partial charge in [-0.05, 0) is 138 Å². The van der Waals surface area contributed by atoms with E-state index in [1.807, 2.05) is 0 Å². The van der Waals surface area contributed by atoms with Crippen LogP contribution in [-0.4, -0.2) is 0 Å². The van der Waals surface area contributed by atoms with Gasteiger partial charge in [-0.1, -0.05) is 214 Å². The lowest BCUT2D eigenvalue weighted by Crippen LogP contribution is -2.30. The standard InChI is InChI=1S/C64H47N/c1-63(2)57-30-18-19-31-60(57)65(53-36-32-46(33-37-53)44-20-8-3-9-21-44)61-39-35-49(43-59(61)63)48-34-38-54-56-41-50(45-22-10-4-11-23-45)40-55(47-24-12-5-13-25-47)62(56)64(58(54)42-48,51-26-14-6-15-27-51)52-28-16-7-17-29-52/h3-43H,1-2H3. The molecule has 12 rings (SSSR count). The Morgan fingerprint density at radius 1 is 0.292 bits per heavy atom. The van der Waals surface area contributed by atoms with Crippen LogP contribution in [0.5, 0.6) is 0 Å². The number of benzene rings is 10. The van der Waals surface area contributed by atoms with Gasteiger partial charge in [0.05, 0.1) is 16.8 Å². The van der Waals surface area contributed by atoms with E-state index >= 15 is 0 Å². The second-order valence-electron chi connectivity index (χ2n) is 18.0. The Balaban J connectivity index is 1.08. The monoisotopic (exact) mass is 829 g/mol. The molecule has 0 N–H and O–H groups in total. The van der Waals surface area contributed by atoms with Gasteiger partial charge in [-0.3, -0.25) is 0 Å². The Bertz CT molecular complexity index is 3310. The van der Waals surface area contributed by atoms with Gasteiger partial charge in [-0.2, -0.15) is 0 Å². The molecular weight excluding hydrogens is 783 g/mol. The van der Waals surface area contributed by atoms with Gasteiger partial charge in [0, 0.05) is 11.1 Å². The Labute approximate surface area is 382 Å². The molecule has 65 heavy (non-hydrogen) atoms. The first-order chi connectivity index (χ1) is 32.0. The van der Waals surface area contributed by atoms with Gasteiger partial charge in [-0.25, -0.2) is 0 Å². The van der Waals surface area contributed by atoms with Crippen molar-refractivity contribution in [3.8, 4) is 55.6 Å². The molecule has 1 heterocycles. The van der Waals surface area contributed by atoms with Crippen molar-refractivity contribution in [2.24, 2.45) is 0 Å². The van der Waals surface area contributed by atoms with E-state index < -0.39 is 5.41 Å². The molecule has 1 nitrogen and oxygen atoms in total. The Morgan fingerprint density at radius 3 is 1.35 bits per heavy atom. The van der Waals surface area contributed by atoms with E-state index in [9.17, 15) is 0 Å². The minimum absolute atomic E-state index is 0.244. The number of hydrogen-bond acceptors (Lipinski definition) is 1. The minimum Gasteiger partial charge on any atom is -0.310 e. The summed E-state index contributed by atoms with van der Waals surface area (Å²) in [6.07, 6.45) is 0. The van der Waals surface area contributed by atoms with Crippen molar-refractivity contribution < 1.29 is 0 Å². The summed E-state index contributed by atoms with van der Waals surface area (Å²) < 4.78 is 0. The fourth-order valence-corrected chi connectivity index (χ4v) is 11.0. The zero-order valence-corrected chi connectivity index (χ0v) is 36.6. The summed E-state index contributed by atoms with van der Waals surface area (Å²) >= 11 is 0. The van der Waals surface area contributed by atoms with Crippen LogP contribution in [0.3, 0.4) is 0 Å². The van der Waals surface area contributed by atoms with Crippen LogP contribution < -0.4 is 4.90 Å². The average molecular weight is 830 g/mol. The first-order valence-electron chi connectivity index (χ1n) is 22.8. The molecule has 0 saturated heterocycles. The molecule has 0 radical (unpaired) electrons. The normalized spacial score (nSPS) is 13.9. The molecule has 0 amide bonds. The molecule has 1 aliphatic heterocycles. The fraction of sp³-hybridized carbons (Fsp3) is 0.0625. The molecule has 10 aromatic rings. The molecule has 0 bridgehead atoms. The molecular formula is C64H47N. The summed E-state index contributed by atoms with van der Waals surface area (Å²) in [7, 11) is 0. The van der Waals surface area contributed by atoms with Crippen molar-refractivity contribution in [1.82, 2.24) is 0 Å². The zero-order chi connectivity index (χ0) is 43.5. The maximum Gasteiger partial charge on any atom is 0.0719 e. The smallest absolute Gasteiger partial charge is 0.0719 e. The third-order valence-electron chi connectivity index (χ3n) is 14.1. The van der Waals surface area contributed by atoms with Crippen LogP contribution in [0.4, 0.5) is 17.1 Å². The number of fused-ring (bicyclic) bond motifs is 5. The lowest BCUT2D eigenvalue weighted by Gasteiger charge is -2.42. The first kappa shape index (κ1) is 38.7. The molecule has 10 aromatic carbocycles. The second-order valence-corrected chi connectivity index (χ2v) is 18.0. The number of nitrogens with zero attached hydrogens (tertiary/aromatic N) is 1. The highest BCUT2D eigenvalue weighted by Gasteiger charge is 2.48. The molecule has 0 atom stereocenters. The summed E-state index contributed by atoms with van der Waals surface area (Å²) in [5, 5.41) is 0. The van der Waals surface area contributed by atoms with E-state index in [0.717, 1.165) is 5.69 Å². The van der Waals surface area contributed by atoms with Crippen molar-refractivity contribution in [3.63, 3.8) is 0 Å². The fourth-order valence-electron chi connectivity index (χ4n) is 11.0. The van der Waals surface area contributed by atoms with Gasteiger partial charge in [0.1, 0.15) is 0 Å². The van der Waals surface area contributed by atoms with Crippen LogP contribution in [0.15, 0.2) is 249 Å². The predicted molar refractivity (Wildman–Crippen MR) is 272 cm³/mol. The average Bonchev–Trinajstić information content (AvgIpc) is 3.68. The molecule has 1 heteroatoms. The van der Waals surface area contributed by atoms with E-state index in [-0.39, 0.29) is 5.41 Å². The quantitative estimate of drug-likeness (QED) is 0.155. The van der Waals surface area contributed by atoms with Crippen molar-refractivity contribution in [1.29, 1.82) is 0 Å². The number of para-hydroxylation sites is 1. The van der Waals surface area contributed by atoms with Crippen LogP contribution in [0, 0.1) is 0 Å². The zero-order valence-electron chi connectivity index (χ0n) is 36.6. The number of rotatable bonds is 7. The lowest BCUT2D eigenvalue weighted by molar-refractivity contribution is 0.632. The highest BCUT2D eigenvalue weighted by molar-refractivity contribution is 5.97. The van der Waals surface area contributed by atoms with Crippen LogP contribution >= 0.6 is 0 Å². The third kappa shape index (κ3) is 6.15. The van der Waals surface area contributed by atoms with Gasteiger partial charge >= 0.3 is 0 Å². The summed E-state index contributed by atoms with van der Waals surface area (Å²) in [4.78, 5) is 2.46. The lowest BCUT2D eigenvalue weighted by atomic mass is 9.65. The predicted octanol–water partition coefficient (Wildman–Crippen LogP) is 16.8. The molecule has 1 aliphatic carbocycles. The maximum absolute atomic E-state index is 2.51. The summed E-state index contributed by atoms with van der Waals surface area (Å²) in [5.41, 5.74) is 22.8. The topological polar surface area (TPSA) is 3.24 Å². The van der Waals surface area contributed by atoms with Crippen molar-refractivity contribution in [2.45, 2.75) is 24.7 Å². The highest BCUT2D eigenvalue weighted by atomic mass is 15.2. The van der Waals surface area contributed by atoms with Gasteiger partial charge in [0.15, 0.2) is 0 Å². The van der Waals surface area contributed by atoms with Gasteiger partial charge in [-0.15, -0.1) is 0 Å². The van der Waals surface area contributed by atoms with E-state index in [2.05, 4.69) is 267 Å². The Kier molecular flexibility index (Phi) is 9.14. The highest BCUT2D eigenvalue weighted by Crippen LogP contribution is 2.60. The Morgan fingerprint density at radius 2 is 0.738 bits per heavy atom. The van der Waals surface area contributed by atoms with Crippen LogP contribution in [-0.2, 0) is 10.8 Å². The summed E-state index contributed by atoms with van der Waals surface area (Å²) in [6.45, 7) is 4.77. The number of hydrogen-bond donors (Lipinski definition) is 0. The van der Waals surface area contributed by atoms with Crippen molar-refractivity contribution >= 4 is 17.1 Å². The van der Waals surface area contributed by atoms with E-state index in [1.54, 1.807) is 0 Å². The van der Waals surface area contributed by atoms with E-state index in [1.165, 1.54) is 100 Å². The first-order valence-corrected chi connectivity index (χ1v) is 22.8. The molecule has 2 aliphatic rings. The summed E-state index contributed by atoms with van der Waals surface area (Å²) in [5.74, 6) is 0. The van der Waals surface area contributed by atoms with Crippen molar-refractivity contribution in [2.75, 3.05) is 4.90 Å². The van der Waals surface area contributed by atoms with Gasteiger partial charge in [0.2, 0.25) is 0 Å². The van der Waals surface area contributed by atoms with Crippen LogP contribution in [0.2, 0.25) is 0 Å². The number of anilines is 3. The maximum atomic E-state index is 2.51. The van der Waals surface area contributed by atoms with Crippen LogP contribution in [0.25, 0.3) is 55.6 Å². The Hall–Kier alpha value is -8.00. The summed E-state index contributed by atoms with van der Waals surface area (Å²) in [6, 6.07) is 92.2. The van der Waals surface area contributed by atoms with Crippen LogP contribution in [0.1, 0.15) is 47.2 Å². The van der Waals surface area contributed by atoms with Crippen molar-refractivity contribution in [3.05, 3.63) is 282 Å². The van der Waals surface area contributed by atoms with E-state index in [4.69, 9.17) is 0 Å². The minimum atomic E-state index is -0.598. The third-order valence-corrected chi connectivity index (χ3v) is 14.1. The SMILES string of the molecule is CC1(C)c2ccccc2N(c2ccc(-c3ccccc3)cc2)c2ccc(-c3ccc4c(c3)C(c3ccccc3)(c3ccccc3)c3c(-c5ccccc5)cc(-c5ccccc5)cc3-4)cc21. The van der Waals surface area contributed by atoms with Gasteiger partial charge < -0.3 is 4.90 Å². The molecule has 0 fully saturated rings. The van der Waals surface area contributed by atoms with Gasteiger partial charge in [0.25, 0.3) is 0 Å². The second kappa shape index (κ2) is 15.4. The molecule has 0 unspecified atom stereocenters. The molecule has 0 spiro atoms. The largest absolute Gasteiger partial charge is 0.310 e. The molecule has 308 valence electrons. The van der Waals surface area contributed by atoms with E-state index in [0.29, 0.717) is 0 Å². The molecule has 0 aromatic heterocycles. The molecule has 0 saturated carbocycles.